The first-order valence-electron chi connectivity index (χ1n) is 8.60. The Morgan fingerprint density at radius 3 is 3.00 bits per heavy atom. The number of likely N-dealkylation sites (tertiary alicyclic amines) is 1. The molecule has 3 heterocycles. The van der Waals surface area contributed by atoms with Gasteiger partial charge in [0.15, 0.2) is 11.5 Å². The molecule has 0 N–H and O–H groups in total. The highest BCUT2D eigenvalue weighted by atomic mass is 16.7. The van der Waals surface area contributed by atoms with Crippen LogP contribution in [0.1, 0.15) is 30.2 Å². The van der Waals surface area contributed by atoms with Crippen LogP contribution < -0.4 is 9.47 Å². The van der Waals surface area contributed by atoms with Crippen molar-refractivity contribution in [2.24, 2.45) is 0 Å². The number of amides is 1. The Kier molecular flexibility index (Phi) is 4.36. The number of carbonyl (C=O) groups excluding carboxylic acids is 1. The molecule has 2 aliphatic heterocycles. The van der Waals surface area contributed by atoms with E-state index in [1.165, 1.54) is 5.56 Å². The number of nitrogens with zero attached hydrogens (tertiary/aromatic N) is 2. The minimum atomic E-state index is 0.101. The molecule has 2 aliphatic rings. The summed E-state index contributed by atoms with van der Waals surface area (Å²) >= 11 is 0. The van der Waals surface area contributed by atoms with E-state index >= 15 is 0 Å². The summed E-state index contributed by atoms with van der Waals surface area (Å²) in [4.78, 5) is 16.6. The second-order valence-corrected chi connectivity index (χ2v) is 6.57. The van der Waals surface area contributed by atoms with Crippen molar-refractivity contribution in [2.75, 3.05) is 26.9 Å². The van der Waals surface area contributed by atoms with E-state index in [1.54, 1.807) is 11.2 Å². The van der Waals surface area contributed by atoms with Crippen LogP contribution in [0.4, 0.5) is 0 Å². The summed E-state index contributed by atoms with van der Waals surface area (Å²) in [6, 6.07) is 10.0. The van der Waals surface area contributed by atoms with E-state index in [-0.39, 0.29) is 18.7 Å². The van der Waals surface area contributed by atoms with Crippen molar-refractivity contribution in [3.63, 3.8) is 0 Å². The Morgan fingerprint density at radius 2 is 2.16 bits per heavy atom. The molecular weight excluding hydrogens is 320 g/mol. The summed E-state index contributed by atoms with van der Waals surface area (Å²) in [6.45, 7) is 2.12. The Balaban J connectivity index is 1.42. The van der Waals surface area contributed by atoms with E-state index in [4.69, 9.17) is 13.9 Å². The molecule has 0 aliphatic carbocycles. The largest absolute Gasteiger partial charge is 0.467 e. The first-order valence-corrected chi connectivity index (χ1v) is 8.60. The van der Waals surface area contributed by atoms with Crippen LogP contribution >= 0.6 is 0 Å². The van der Waals surface area contributed by atoms with E-state index in [9.17, 15) is 4.79 Å². The van der Waals surface area contributed by atoms with E-state index < -0.39 is 0 Å². The third-order valence-electron chi connectivity index (χ3n) is 4.88. The van der Waals surface area contributed by atoms with Gasteiger partial charge >= 0.3 is 0 Å². The molecular formula is C19H22N2O4. The van der Waals surface area contributed by atoms with Gasteiger partial charge in [-0.3, -0.25) is 9.69 Å². The molecule has 4 rings (SSSR count). The van der Waals surface area contributed by atoms with E-state index in [0.717, 1.165) is 36.6 Å². The Bertz CT molecular complexity index is 744. The van der Waals surface area contributed by atoms with Crippen molar-refractivity contribution in [1.29, 1.82) is 0 Å². The topological polar surface area (TPSA) is 55.2 Å². The lowest BCUT2D eigenvalue weighted by Gasteiger charge is -2.26. The number of hydrogen-bond acceptors (Lipinski definition) is 5. The Hall–Kier alpha value is -2.47. The zero-order valence-corrected chi connectivity index (χ0v) is 14.3. The molecule has 1 atom stereocenters. The maximum absolute atomic E-state index is 12.6. The standard InChI is InChI=1S/C19H22N2O4/c1-20(11-15-4-3-9-23-15)19(22)12-21-8-2-5-16(21)14-6-7-17-18(10-14)25-13-24-17/h3-4,6-7,9-10,16H,2,5,8,11-13H2,1H3. The zero-order chi connectivity index (χ0) is 17.2. The number of benzene rings is 1. The van der Waals surface area contributed by atoms with Gasteiger partial charge in [-0.15, -0.1) is 0 Å². The molecule has 0 saturated carbocycles. The second-order valence-electron chi connectivity index (χ2n) is 6.57. The molecule has 1 unspecified atom stereocenters. The second kappa shape index (κ2) is 6.80. The van der Waals surface area contributed by atoms with Gasteiger partial charge in [0.25, 0.3) is 0 Å². The summed E-state index contributed by atoms with van der Waals surface area (Å²) in [6.07, 6.45) is 3.77. The fourth-order valence-corrected chi connectivity index (χ4v) is 3.53. The highest BCUT2D eigenvalue weighted by molar-refractivity contribution is 5.78. The molecule has 6 heteroatoms. The third-order valence-corrected chi connectivity index (χ3v) is 4.88. The molecule has 1 fully saturated rings. The van der Waals surface area contributed by atoms with Crippen LogP contribution in [-0.2, 0) is 11.3 Å². The van der Waals surface area contributed by atoms with Gasteiger partial charge in [-0.25, -0.2) is 0 Å². The average molecular weight is 342 g/mol. The maximum Gasteiger partial charge on any atom is 0.236 e. The Labute approximate surface area is 146 Å². The Morgan fingerprint density at radius 1 is 1.28 bits per heavy atom. The van der Waals surface area contributed by atoms with Crippen molar-refractivity contribution in [3.8, 4) is 11.5 Å². The van der Waals surface area contributed by atoms with Crippen LogP contribution in [0, 0.1) is 0 Å². The van der Waals surface area contributed by atoms with Gasteiger partial charge < -0.3 is 18.8 Å². The molecule has 1 aromatic heterocycles. The molecule has 1 amide bonds. The fourth-order valence-electron chi connectivity index (χ4n) is 3.53. The van der Waals surface area contributed by atoms with Gasteiger partial charge in [0.2, 0.25) is 12.7 Å². The predicted octanol–water partition coefficient (Wildman–Crippen LogP) is 2.80. The van der Waals surface area contributed by atoms with Crippen LogP contribution in [0.5, 0.6) is 11.5 Å². The lowest BCUT2D eigenvalue weighted by Crippen LogP contribution is -2.37. The van der Waals surface area contributed by atoms with Gasteiger partial charge in [0, 0.05) is 13.1 Å². The minimum Gasteiger partial charge on any atom is -0.467 e. The first-order chi connectivity index (χ1) is 12.2. The van der Waals surface area contributed by atoms with Crippen LogP contribution in [0.15, 0.2) is 41.0 Å². The van der Waals surface area contributed by atoms with Crippen molar-refractivity contribution in [3.05, 3.63) is 47.9 Å². The van der Waals surface area contributed by atoms with E-state index in [1.807, 2.05) is 31.3 Å². The lowest BCUT2D eigenvalue weighted by molar-refractivity contribution is -0.132. The van der Waals surface area contributed by atoms with E-state index in [2.05, 4.69) is 11.0 Å². The first kappa shape index (κ1) is 16.0. The van der Waals surface area contributed by atoms with Gasteiger partial charge in [-0.1, -0.05) is 6.07 Å². The summed E-state index contributed by atoms with van der Waals surface area (Å²) in [7, 11) is 1.82. The number of furan rings is 1. The molecule has 0 bridgehead atoms. The smallest absolute Gasteiger partial charge is 0.236 e. The minimum absolute atomic E-state index is 0.101. The third kappa shape index (κ3) is 3.35. The number of likely N-dealkylation sites (N-methyl/N-ethyl adjacent to an activating group) is 1. The lowest BCUT2D eigenvalue weighted by atomic mass is 10.0. The normalized spacial score (nSPS) is 19.3. The molecule has 2 aromatic rings. The quantitative estimate of drug-likeness (QED) is 0.836. The number of carbonyl (C=O) groups is 1. The number of fused-ring (bicyclic) bond motifs is 1. The van der Waals surface area contributed by atoms with Crippen LogP contribution in [0.2, 0.25) is 0 Å². The zero-order valence-electron chi connectivity index (χ0n) is 14.3. The molecule has 0 radical (unpaired) electrons. The van der Waals surface area contributed by atoms with Gasteiger partial charge in [-0.05, 0) is 49.2 Å². The summed E-state index contributed by atoms with van der Waals surface area (Å²) in [5, 5.41) is 0. The van der Waals surface area contributed by atoms with Crippen molar-refractivity contribution in [1.82, 2.24) is 9.80 Å². The average Bonchev–Trinajstić information content (AvgIpc) is 3.35. The highest BCUT2D eigenvalue weighted by Crippen LogP contribution is 2.38. The van der Waals surface area contributed by atoms with Gasteiger partial charge in [-0.2, -0.15) is 0 Å². The summed E-state index contributed by atoms with van der Waals surface area (Å²) in [5.41, 5.74) is 1.18. The van der Waals surface area contributed by atoms with Gasteiger partial charge in [0.1, 0.15) is 5.76 Å². The molecule has 0 spiro atoms. The fraction of sp³-hybridized carbons (Fsp3) is 0.421. The van der Waals surface area contributed by atoms with Crippen molar-refractivity contribution in [2.45, 2.75) is 25.4 Å². The van der Waals surface area contributed by atoms with Crippen molar-refractivity contribution < 1.29 is 18.7 Å². The monoisotopic (exact) mass is 342 g/mol. The van der Waals surface area contributed by atoms with E-state index in [0.29, 0.717) is 13.1 Å². The summed E-state index contributed by atoms with van der Waals surface area (Å²) in [5.74, 6) is 2.49. The maximum atomic E-state index is 12.6. The van der Waals surface area contributed by atoms with Crippen LogP contribution in [0.3, 0.4) is 0 Å². The SMILES string of the molecule is CN(Cc1ccco1)C(=O)CN1CCCC1c1ccc2c(c1)OCO2. The highest BCUT2D eigenvalue weighted by Gasteiger charge is 2.29. The molecule has 1 saturated heterocycles. The predicted molar refractivity (Wildman–Crippen MR) is 91.3 cm³/mol. The molecule has 1 aromatic carbocycles. The molecule has 25 heavy (non-hydrogen) atoms. The number of ether oxygens (including phenoxy) is 2. The summed E-state index contributed by atoms with van der Waals surface area (Å²) < 4.78 is 16.2. The molecule has 6 nitrogen and oxygen atoms in total. The van der Waals surface area contributed by atoms with Crippen LogP contribution in [-0.4, -0.2) is 42.6 Å². The number of rotatable bonds is 5. The van der Waals surface area contributed by atoms with Crippen molar-refractivity contribution >= 4 is 5.91 Å². The van der Waals surface area contributed by atoms with Crippen LogP contribution in [0.25, 0.3) is 0 Å². The van der Waals surface area contributed by atoms with Gasteiger partial charge in [0.05, 0.1) is 19.4 Å². The molecule has 132 valence electrons. The number of hydrogen-bond donors (Lipinski definition) is 0.